The first kappa shape index (κ1) is 15.6. The van der Waals surface area contributed by atoms with Crippen molar-refractivity contribution in [2.75, 3.05) is 13.1 Å². The van der Waals surface area contributed by atoms with Crippen molar-refractivity contribution in [3.63, 3.8) is 0 Å². The molecule has 0 amide bonds. The van der Waals surface area contributed by atoms with Crippen LogP contribution < -0.4 is 0 Å². The highest BCUT2D eigenvalue weighted by molar-refractivity contribution is 5.44. The molecule has 1 N–H and O–H groups in total. The fraction of sp³-hybridized carbons (Fsp3) is 0.600. The number of phenolic OH excluding ortho intramolecular Hbond substituents is 1. The zero-order valence-electron chi connectivity index (χ0n) is 14.4. The van der Waals surface area contributed by atoms with E-state index in [4.69, 9.17) is 0 Å². The number of piperidine rings is 1. The summed E-state index contributed by atoms with van der Waals surface area (Å²) in [6.45, 7) is 11.4. The molecule has 0 unspecified atom stereocenters. The van der Waals surface area contributed by atoms with Crippen molar-refractivity contribution in [1.82, 2.24) is 4.90 Å². The van der Waals surface area contributed by atoms with Crippen molar-refractivity contribution >= 4 is 0 Å². The first-order valence-corrected chi connectivity index (χ1v) is 8.65. The van der Waals surface area contributed by atoms with Crippen LogP contribution in [0, 0.1) is 5.92 Å². The maximum atomic E-state index is 9.94. The Hall–Kier alpha value is -1.28. The van der Waals surface area contributed by atoms with E-state index in [0.29, 0.717) is 17.7 Å². The Bertz CT molecular complexity index is 587. The van der Waals surface area contributed by atoms with Gasteiger partial charge in [0.2, 0.25) is 0 Å². The summed E-state index contributed by atoms with van der Waals surface area (Å²) in [6, 6.07) is 6.66. The Morgan fingerprint density at radius 3 is 2.86 bits per heavy atom. The van der Waals surface area contributed by atoms with Crippen LogP contribution in [0.2, 0.25) is 0 Å². The number of hydrogen-bond donors (Lipinski definition) is 1. The molecule has 1 saturated heterocycles. The molecule has 2 bridgehead atoms. The van der Waals surface area contributed by atoms with Gasteiger partial charge in [-0.2, -0.15) is 0 Å². The van der Waals surface area contributed by atoms with Crippen LogP contribution in [0.3, 0.4) is 0 Å². The largest absolute Gasteiger partial charge is 0.508 e. The molecule has 1 heterocycles. The zero-order valence-corrected chi connectivity index (χ0v) is 14.4. The van der Waals surface area contributed by atoms with Gasteiger partial charge in [0.15, 0.2) is 0 Å². The van der Waals surface area contributed by atoms with Crippen LogP contribution in [-0.4, -0.2) is 29.1 Å². The number of aromatic hydroxyl groups is 1. The minimum atomic E-state index is 0.215. The fourth-order valence-electron chi connectivity index (χ4n) is 4.76. The van der Waals surface area contributed by atoms with Crippen LogP contribution in [0.1, 0.15) is 51.7 Å². The molecule has 0 radical (unpaired) electrons. The van der Waals surface area contributed by atoms with Crippen molar-refractivity contribution in [2.24, 2.45) is 5.92 Å². The Kier molecular flexibility index (Phi) is 4.07. The Labute approximate surface area is 134 Å². The second-order valence-electron chi connectivity index (χ2n) is 7.57. The van der Waals surface area contributed by atoms with Crippen molar-refractivity contribution in [3.8, 4) is 5.75 Å². The molecule has 2 aliphatic rings. The molecule has 0 spiro atoms. The van der Waals surface area contributed by atoms with Crippen molar-refractivity contribution in [2.45, 2.75) is 58.4 Å². The molecule has 0 saturated carbocycles. The van der Waals surface area contributed by atoms with E-state index in [2.05, 4.69) is 44.7 Å². The fourth-order valence-corrected chi connectivity index (χ4v) is 4.76. The second-order valence-corrected chi connectivity index (χ2v) is 7.57. The average Bonchev–Trinajstić information content (AvgIpc) is 2.47. The number of phenols is 1. The highest BCUT2D eigenvalue weighted by Gasteiger charge is 2.49. The summed E-state index contributed by atoms with van der Waals surface area (Å²) in [5, 5.41) is 9.94. The van der Waals surface area contributed by atoms with E-state index >= 15 is 0 Å². The minimum Gasteiger partial charge on any atom is -0.508 e. The smallest absolute Gasteiger partial charge is 0.115 e. The SMILES string of the molecule is CC[C@H]1[C@H]2Cc3ccc(O)cc3[C@@]1(C)CCN2CC=C(C)C. The van der Waals surface area contributed by atoms with Gasteiger partial charge in [-0.15, -0.1) is 0 Å². The maximum absolute atomic E-state index is 9.94. The Morgan fingerprint density at radius 1 is 1.41 bits per heavy atom. The van der Waals surface area contributed by atoms with E-state index < -0.39 is 0 Å². The van der Waals surface area contributed by atoms with Gasteiger partial charge in [-0.25, -0.2) is 0 Å². The molecule has 2 heteroatoms. The van der Waals surface area contributed by atoms with Crippen molar-refractivity contribution in [1.29, 1.82) is 0 Å². The molecule has 3 atom stereocenters. The molecular formula is C20H29NO. The molecule has 1 fully saturated rings. The molecule has 120 valence electrons. The molecule has 1 aliphatic heterocycles. The molecular weight excluding hydrogens is 270 g/mol. The summed E-state index contributed by atoms with van der Waals surface area (Å²) in [5.74, 6) is 1.10. The first-order valence-electron chi connectivity index (χ1n) is 8.65. The third-order valence-electron chi connectivity index (χ3n) is 5.98. The average molecular weight is 299 g/mol. The highest BCUT2D eigenvalue weighted by Crippen LogP contribution is 2.50. The first-order chi connectivity index (χ1) is 10.5. The second kappa shape index (κ2) is 5.73. The molecule has 3 rings (SSSR count). The van der Waals surface area contributed by atoms with Crippen LogP contribution >= 0.6 is 0 Å². The summed E-state index contributed by atoms with van der Waals surface area (Å²) >= 11 is 0. The van der Waals surface area contributed by atoms with Gasteiger partial charge in [0.05, 0.1) is 0 Å². The van der Waals surface area contributed by atoms with Crippen LogP contribution in [0.5, 0.6) is 5.75 Å². The predicted octanol–water partition coefficient (Wildman–Crippen LogP) is 4.27. The van der Waals surface area contributed by atoms with Gasteiger partial charge in [-0.3, -0.25) is 4.90 Å². The number of hydrogen-bond acceptors (Lipinski definition) is 2. The van der Waals surface area contributed by atoms with Gasteiger partial charge >= 0.3 is 0 Å². The van der Waals surface area contributed by atoms with Crippen LogP contribution in [0.15, 0.2) is 29.8 Å². The van der Waals surface area contributed by atoms with Gasteiger partial charge in [0.25, 0.3) is 0 Å². The number of benzene rings is 1. The number of fused-ring (bicyclic) bond motifs is 4. The van der Waals surface area contributed by atoms with E-state index in [0.717, 1.165) is 19.5 Å². The van der Waals surface area contributed by atoms with Gasteiger partial charge in [-0.1, -0.05) is 38.0 Å². The van der Waals surface area contributed by atoms with Gasteiger partial charge in [-0.05, 0) is 67.8 Å². The van der Waals surface area contributed by atoms with Crippen LogP contribution in [0.25, 0.3) is 0 Å². The molecule has 1 aromatic rings. The third-order valence-corrected chi connectivity index (χ3v) is 5.98. The van der Waals surface area contributed by atoms with E-state index in [-0.39, 0.29) is 5.41 Å². The molecule has 1 aliphatic carbocycles. The molecule has 1 aromatic carbocycles. The predicted molar refractivity (Wildman–Crippen MR) is 92.4 cm³/mol. The normalized spacial score (nSPS) is 30.7. The van der Waals surface area contributed by atoms with Gasteiger partial charge in [0.1, 0.15) is 5.75 Å². The van der Waals surface area contributed by atoms with E-state index in [1.807, 2.05) is 12.1 Å². The van der Waals surface area contributed by atoms with Crippen molar-refractivity contribution < 1.29 is 5.11 Å². The summed E-state index contributed by atoms with van der Waals surface area (Å²) in [5.41, 5.74) is 4.46. The third kappa shape index (κ3) is 2.48. The highest BCUT2D eigenvalue weighted by atomic mass is 16.3. The van der Waals surface area contributed by atoms with Gasteiger partial charge < -0.3 is 5.11 Å². The number of rotatable bonds is 3. The lowest BCUT2D eigenvalue weighted by Gasteiger charge is -2.55. The summed E-state index contributed by atoms with van der Waals surface area (Å²) in [6.07, 6.45) is 5.89. The minimum absolute atomic E-state index is 0.215. The number of nitrogens with zero attached hydrogens (tertiary/aromatic N) is 1. The lowest BCUT2D eigenvalue weighted by Crippen LogP contribution is -2.58. The molecule has 2 nitrogen and oxygen atoms in total. The summed E-state index contributed by atoms with van der Waals surface area (Å²) in [7, 11) is 0. The molecule has 22 heavy (non-hydrogen) atoms. The lowest BCUT2D eigenvalue weighted by atomic mass is 9.57. The van der Waals surface area contributed by atoms with E-state index in [1.165, 1.54) is 29.5 Å². The zero-order chi connectivity index (χ0) is 15.9. The van der Waals surface area contributed by atoms with Gasteiger partial charge in [0, 0.05) is 12.6 Å². The maximum Gasteiger partial charge on any atom is 0.115 e. The van der Waals surface area contributed by atoms with E-state index in [1.54, 1.807) is 0 Å². The topological polar surface area (TPSA) is 23.5 Å². The van der Waals surface area contributed by atoms with Crippen LogP contribution in [0.4, 0.5) is 0 Å². The standard InChI is InChI=1S/C20H29NO/c1-5-17-19-12-15-6-7-16(22)13-18(15)20(17,4)9-11-21(19)10-8-14(2)3/h6-8,13,17,19,22H,5,9-12H2,1-4H3/t17-,19+,20-/m0/s1. The Balaban J connectivity index is 1.99. The van der Waals surface area contributed by atoms with Crippen LogP contribution in [-0.2, 0) is 11.8 Å². The van der Waals surface area contributed by atoms with E-state index in [9.17, 15) is 5.11 Å². The summed E-state index contributed by atoms with van der Waals surface area (Å²) in [4.78, 5) is 2.68. The lowest BCUT2D eigenvalue weighted by molar-refractivity contribution is 0.0274. The number of allylic oxidation sites excluding steroid dienone is 1. The number of likely N-dealkylation sites (tertiary alicyclic amines) is 1. The quantitative estimate of drug-likeness (QED) is 0.842. The monoisotopic (exact) mass is 299 g/mol. The summed E-state index contributed by atoms with van der Waals surface area (Å²) < 4.78 is 0. The Morgan fingerprint density at radius 2 is 2.18 bits per heavy atom. The molecule has 0 aromatic heterocycles. The van der Waals surface area contributed by atoms with Crippen molar-refractivity contribution in [3.05, 3.63) is 41.0 Å².